The first-order valence-corrected chi connectivity index (χ1v) is 7.18. The van der Waals surface area contributed by atoms with Crippen molar-refractivity contribution in [2.75, 3.05) is 19.5 Å². The maximum absolute atomic E-state index is 9.12. The average Bonchev–Trinajstić information content (AvgIpc) is 3.18. The molecule has 0 aliphatic carbocycles. The quantitative estimate of drug-likeness (QED) is 0.563. The molecule has 1 aliphatic rings. The fourth-order valence-corrected chi connectivity index (χ4v) is 2.45. The van der Waals surface area contributed by atoms with Gasteiger partial charge in [0.1, 0.15) is 11.8 Å². The highest BCUT2D eigenvalue weighted by Crippen LogP contribution is 2.31. The topological polar surface area (TPSA) is 120 Å². The molecule has 21 heavy (non-hydrogen) atoms. The first-order chi connectivity index (χ1) is 10.3. The highest BCUT2D eigenvalue weighted by molar-refractivity contribution is 5.87. The SMILES string of the molecule is CC.CO.Nc1ncnc2c(C3CCC(CO)N3)c[nH]c12. The van der Waals surface area contributed by atoms with Crippen molar-refractivity contribution in [1.82, 2.24) is 20.3 Å². The summed E-state index contributed by atoms with van der Waals surface area (Å²) in [6.45, 7) is 4.18. The van der Waals surface area contributed by atoms with E-state index in [4.69, 9.17) is 15.9 Å². The summed E-state index contributed by atoms with van der Waals surface area (Å²) in [4.78, 5) is 11.3. The number of nitrogens with one attached hydrogen (secondary N) is 2. The van der Waals surface area contributed by atoms with Crippen LogP contribution in [0, 0.1) is 0 Å². The summed E-state index contributed by atoms with van der Waals surface area (Å²) >= 11 is 0. The van der Waals surface area contributed by atoms with Crippen LogP contribution in [0.25, 0.3) is 11.0 Å². The maximum atomic E-state index is 9.12. The lowest BCUT2D eigenvalue weighted by atomic mass is 10.1. The molecule has 1 aliphatic heterocycles. The predicted octanol–water partition coefficient (Wildman–Crippen LogP) is 0.960. The summed E-state index contributed by atoms with van der Waals surface area (Å²) < 4.78 is 0. The third kappa shape index (κ3) is 3.69. The summed E-state index contributed by atoms with van der Waals surface area (Å²) in [6.07, 6.45) is 5.39. The first-order valence-electron chi connectivity index (χ1n) is 7.18. The monoisotopic (exact) mass is 295 g/mol. The van der Waals surface area contributed by atoms with Gasteiger partial charge >= 0.3 is 0 Å². The van der Waals surface area contributed by atoms with Crippen LogP contribution < -0.4 is 11.1 Å². The molecule has 1 fully saturated rings. The molecule has 0 bridgehead atoms. The van der Waals surface area contributed by atoms with Crippen molar-refractivity contribution < 1.29 is 10.2 Å². The number of aromatic amines is 1. The number of nitrogens with two attached hydrogens (primary N) is 1. The average molecular weight is 295 g/mol. The first kappa shape index (κ1) is 17.4. The third-order valence-electron chi connectivity index (χ3n) is 3.36. The lowest BCUT2D eigenvalue weighted by Gasteiger charge is -2.11. The van der Waals surface area contributed by atoms with Crippen LogP contribution in [0.2, 0.25) is 0 Å². The number of hydrogen-bond acceptors (Lipinski definition) is 6. The van der Waals surface area contributed by atoms with Gasteiger partial charge in [-0.1, -0.05) is 13.8 Å². The molecule has 0 spiro atoms. The number of nitrogen functional groups attached to an aromatic ring is 1. The maximum Gasteiger partial charge on any atom is 0.151 e. The Labute approximate surface area is 124 Å². The van der Waals surface area contributed by atoms with Crippen LogP contribution in [0.4, 0.5) is 5.82 Å². The zero-order valence-corrected chi connectivity index (χ0v) is 12.8. The number of fused-ring (bicyclic) bond motifs is 1. The van der Waals surface area contributed by atoms with Gasteiger partial charge in [0.05, 0.1) is 12.1 Å². The fourth-order valence-electron chi connectivity index (χ4n) is 2.45. The van der Waals surface area contributed by atoms with Crippen molar-refractivity contribution in [3.63, 3.8) is 0 Å². The van der Waals surface area contributed by atoms with E-state index in [-0.39, 0.29) is 18.7 Å². The molecule has 3 rings (SSSR count). The zero-order valence-electron chi connectivity index (χ0n) is 12.8. The predicted molar refractivity (Wildman–Crippen MR) is 83.8 cm³/mol. The van der Waals surface area contributed by atoms with Gasteiger partial charge in [0.15, 0.2) is 5.82 Å². The number of H-pyrrole nitrogens is 1. The van der Waals surface area contributed by atoms with E-state index in [1.807, 2.05) is 20.0 Å². The number of nitrogens with zero attached hydrogens (tertiary/aromatic N) is 2. The van der Waals surface area contributed by atoms with Gasteiger partial charge in [-0.15, -0.1) is 0 Å². The Morgan fingerprint density at radius 1 is 1.29 bits per heavy atom. The van der Waals surface area contributed by atoms with Crippen LogP contribution in [0.15, 0.2) is 12.5 Å². The summed E-state index contributed by atoms with van der Waals surface area (Å²) in [7, 11) is 1.00. The van der Waals surface area contributed by atoms with Gasteiger partial charge in [-0.3, -0.25) is 0 Å². The van der Waals surface area contributed by atoms with Crippen LogP contribution in [0.1, 0.15) is 38.3 Å². The van der Waals surface area contributed by atoms with E-state index >= 15 is 0 Å². The zero-order chi connectivity index (χ0) is 15.8. The van der Waals surface area contributed by atoms with Gasteiger partial charge in [-0.2, -0.15) is 0 Å². The molecular formula is C14H25N5O2. The van der Waals surface area contributed by atoms with Crippen LogP contribution in [-0.2, 0) is 0 Å². The van der Waals surface area contributed by atoms with E-state index < -0.39 is 0 Å². The van der Waals surface area contributed by atoms with E-state index in [2.05, 4.69) is 20.3 Å². The second-order valence-corrected chi connectivity index (χ2v) is 4.40. The number of aromatic nitrogens is 3. The molecule has 0 saturated carbocycles. The summed E-state index contributed by atoms with van der Waals surface area (Å²) in [5.41, 5.74) is 8.54. The lowest BCUT2D eigenvalue weighted by Crippen LogP contribution is -2.27. The highest BCUT2D eigenvalue weighted by atomic mass is 16.3. The Balaban J connectivity index is 0.000000510. The normalized spacial score (nSPS) is 20.4. The minimum atomic E-state index is 0.177. The molecule has 0 amide bonds. The Bertz CT molecular complexity index is 543. The van der Waals surface area contributed by atoms with Gasteiger partial charge in [0.25, 0.3) is 0 Å². The van der Waals surface area contributed by atoms with E-state index in [0.29, 0.717) is 5.82 Å². The van der Waals surface area contributed by atoms with E-state index in [1.165, 1.54) is 6.33 Å². The standard InChI is InChI=1S/C11H15N5O.C2H6.CH4O/c12-11-10-9(14-5-15-11)7(3-13-10)8-2-1-6(4-17)16-8;2*1-2/h3,5-6,8,13,16-17H,1-2,4H2,(H2,12,14,15);1-2H3;2H,1H3. The van der Waals surface area contributed by atoms with Crippen molar-refractivity contribution in [3.8, 4) is 0 Å². The minimum absolute atomic E-state index is 0.177. The molecule has 0 radical (unpaired) electrons. The largest absolute Gasteiger partial charge is 0.400 e. The molecule has 2 aromatic heterocycles. The molecule has 118 valence electrons. The van der Waals surface area contributed by atoms with Crippen molar-refractivity contribution >= 4 is 16.9 Å². The van der Waals surface area contributed by atoms with Gasteiger partial charge in [0.2, 0.25) is 0 Å². The van der Waals surface area contributed by atoms with Crippen molar-refractivity contribution in [2.24, 2.45) is 0 Å². The second kappa shape index (κ2) is 8.56. The second-order valence-electron chi connectivity index (χ2n) is 4.40. The number of rotatable bonds is 2. The fraction of sp³-hybridized carbons (Fsp3) is 0.571. The Morgan fingerprint density at radius 2 is 2.00 bits per heavy atom. The molecule has 1 saturated heterocycles. The molecular weight excluding hydrogens is 270 g/mol. The molecule has 0 aromatic carbocycles. The van der Waals surface area contributed by atoms with E-state index in [0.717, 1.165) is 36.5 Å². The van der Waals surface area contributed by atoms with Crippen LogP contribution in [-0.4, -0.2) is 44.9 Å². The molecule has 2 unspecified atom stereocenters. The van der Waals surface area contributed by atoms with E-state index in [1.54, 1.807) is 0 Å². The van der Waals surface area contributed by atoms with Crippen LogP contribution >= 0.6 is 0 Å². The number of anilines is 1. The van der Waals surface area contributed by atoms with Gasteiger partial charge in [-0.25, -0.2) is 9.97 Å². The van der Waals surface area contributed by atoms with E-state index in [9.17, 15) is 0 Å². The minimum Gasteiger partial charge on any atom is -0.400 e. The number of hydrogen-bond donors (Lipinski definition) is 5. The van der Waals surface area contributed by atoms with Crippen molar-refractivity contribution in [3.05, 3.63) is 18.1 Å². The molecule has 3 heterocycles. The molecule has 7 heteroatoms. The lowest BCUT2D eigenvalue weighted by molar-refractivity contribution is 0.252. The number of aliphatic hydroxyl groups excluding tert-OH is 2. The molecule has 2 aromatic rings. The molecule has 6 N–H and O–H groups in total. The molecule has 2 atom stereocenters. The molecule has 7 nitrogen and oxygen atoms in total. The summed E-state index contributed by atoms with van der Waals surface area (Å²) in [5.74, 6) is 0.470. The Kier molecular flexibility index (Phi) is 7.07. The summed E-state index contributed by atoms with van der Waals surface area (Å²) in [5, 5.41) is 19.5. The third-order valence-corrected chi connectivity index (χ3v) is 3.36. The van der Waals surface area contributed by atoms with Crippen LogP contribution in [0.3, 0.4) is 0 Å². The van der Waals surface area contributed by atoms with Crippen molar-refractivity contribution in [1.29, 1.82) is 0 Å². The smallest absolute Gasteiger partial charge is 0.151 e. The highest BCUT2D eigenvalue weighted by Gasteiger charge is 2.26. The van der Waals surface area contributed by atoms with Crippen molar-refractivity contribution in [2.45, 2.75) is 38.8 Å². The van der Waals surface area contributed by atoms with Gasteiger partial charge in [0, 0.05) is 31.0 Å². The van der Waals surface area contributed by atoms with Crippen LogP contribution in [0.5, 0.6) is 0 Å². The van der Waals surface area contributed by atoms with Gasteiger partial charge < -0.3 is 26.2 Å². The Morgan fingerprint density at radius 3 is 2.62 bits per heavy atom. The Hall–Kier alpha value is -1.70. The van der Waals surface area contributed by atoms with Gasteiger partial charge in [-0.05, 0) is 12.8 Å². The summed E-state index contributed by atoms with van der Waals surface area (Å²) in [6, 6.07) is 0.416. The number of aliphatic hydroxyl groups is 2.